The number of aliphatic hydroxyl groups excluding tert-OH is 1. The Bertz CT molecular complexity index is 563. The van der Waals surface area contributed by atoms with E-state index >= 15 is 0 Å². The van der Waals surface area contributed by atoms with Crippen molar-refractivity contribution in [2.45, 2.75) is 25.7 Å². The summed E-state index contributed by atoms with van der Waals surface area (Å²) in [6.45, 7) is -0.584. The van der Waals surface area contributed by atoms with E-state index in [1.807, 2.05) is 35.0 Å². The van der Waals surface area contributed by atoms with Gasteiger partial charge in [-0.1, -0.05) is 12.1 Å². The van der Waals surface area contributed by atoms with Crippen LogP contribution in [0.2, 0.25) is 0 Å². The molecule has 1 N–H and O–H groups in total. The molecule has 0 amide bonds. The Kier molecular flexibility index (Phi) is 4.67. The third-order valence-corrected chi connectivity index (χ3v) is 2.97. The van der Waals surface area contributed by atoms with Gasteiger partial charge in [-0.05, 0) is 29.5 Å². The van der Waals surface area contributed by atoms with Crippen LogP contribution in [0.1, 0.15) is 12.0 Å². The number of hydrogen-bond donors (Lipinski definition) is 1. The quantitative estimate of drug-likeness (QED) is 0.828. The molecule has 0 radical (unpaired) electrons. The molecule has 0 fully saturated rings. The zero-order valence-corrected chi connectivity index (χ0v) is 10.9. The number of fused-ring (bicyclic) bond motifs is 1. The molecule has 1 heterocycles. The van der Waals surface area contributed by atoms with Crippen LogP contribution in [0.15, 0.2) is 30.5 Å². The van der Waals surface area contributed by atoms with Crippen LogP contribution in [0.4, 0.5) is 13.2 Å². The lowest BCUT2D eigenvalue weighted by molar-refractivity contribution is -0.174. The molecule has 0 bridgehead atoms. The van der Waals surface area contributed by atoms with E-state index in [9.17, 15) is 13.2 Å². The fourth-order valence-electron chi connectivity index (χ4n) is 2.05. The monoisotopic (exact) mass is 287 g/mol. The van der Waals surface area contributed by atoms with Crippen molar-refractivity contribution in [3.63, 3.8) is 0 Å². The van der Waals surface area contributed by atoms with Crippen LogP contribution in [-0.4, -0.2) is 29.1 Å². The fraction of sp³-hybridized carbons (Fsp3) is 0.429. The molecule has 0 aliphatic carbocycles. The van der Waals surface area contributed by atoms with Gasteiger partial charge in [0.05, 0.1) is 6.61 Å². The van der Waals surface area contributed by atoms with Gasteiger partial charge in [-0.15, -0.1) is 0 Å². The molecule has 0 aliphatic rings. The third kappa shape index (κ3) is 3.98. The second-order valence-electron chi connectivity index (χ2n) is 4.58. The molecule has 3 nitrogen and oxygen atoms in total. The Balaban J connectivity index is 1.90. The molecule has 0 aliphatic heterocycles. The number of nitrogens with zero attached hydrogens (tertiary/aromatic N) is 1. The summed E-state index contributed by atoms with van der Waals surface area (Å²) in [5, 5.41) is 10.2. The molecule has 2 rings (SSSR count). The van der Waals surface area contributed by atoms with Crippen LogP contribution >= 0.6 is 0 Å². The Labute approximate surface area is 114 Å². The minimum absolute atomic E-state index is 0.0319. The molecule has 2 aromatic rings. The van der Waals surface area contributed by atoms with E-state index in [-0.39, 0.29) is 13.2 Å². The van der Waals surface area contributed by atoms with Crippen LogP contribution in [0.5, 0.6) is 0 Å². The Morgan fingerprint density at radius 2 is 2.00 bits per heavy atom. The van der Waals surface area contributed by atoms with E-state index < -0.39 is 12.8 Å². The minimum atomic E-state index is -4.27. The normalized spacial score (nSPS) is 12.2. The molecule has 0 unspecified atom stereocenters. The van der Waals surface area contributed by atoms with Crippen molar-refractivity contribution in [1.29, 1.82) is 0 Å². The Morgan fingerprint density at radius 1 is 1.20 bits per heavy atom. The van der Waals surface area contributed by atoms with Gasteiger partial charge in [0, 0.05) is 24.9 Å². The summed E-state index contributed by atoms with van der Waals surface area (Å²) >= 11 is 0. The number of aryl methyl sites for hydroxylation is 1. The predicted molar refractivity (Wildman–Crippen MR) is 69.4 cm³/mol. The van der Waals surface area contributed by atoms with E-state index in [4.69, 9.17) is 5.11 Å². The van der Waals surface area contributed by atoms with Crippen molar-refractivity contribution in [3.05, 3.63) is 36.0 Å². The van der Waals surface area contributed by atoms with Crippen molar-refractivity contribution in [1.82, 2.24) is 4.57 Å². The van der Waals surface area contributed by atoms with Gasteiger partial charge in [-0.25, -0.2) is 0 Å². The second-order valence-corrected chi connectivity index (χ2v) is 4.58. The predicted octanol–water partition coefficient (Wildman–Crippen LogP) is 3.10. The maximum Gasteiger partial charge on any atom is 0.411 e. The molecule has 20 heavy (non-hydrogen) atoms. The van der Waals surface area contributed by atoms with Gasteiger partial charge in [0.15, 0.2) is 0 Å². The average Bonchev–Trinajstić information content (AvgIpc) is 2.79. The fourth-order valence-corrected chi connectivity index (χ4v) is 2.05. The highest BCUT2D eigenvalue weighted by Crippen LogP contribution is 2.18. The van der Waals surface area contributed by atoms with Gasteiger partial charge in [-0.2, -0.15) is 13.2 Å². The molecule has 1 aromatic heterocycles. The van der Waals surface area contributed by atoms with E-state index in [0.717, 1.165) is 16.5 Å². The van der Waals surface area contributed by atoms with Crippen molar-refractivity contribution >= 4 is 10.9 Å². The summed E-state index contributed by atoms with van der Waals surface area (Å²) < 4.78 is 42.2. The number of hydrogen-bond acceptors (Lipinski definition) is 2. The van der Waals surface area contributed by atoms with Gasteiger partial charge < -0.3 is 14.4 Å². The maximum absolute atomic E-state index is 11.9. The van der Waals surface area contributed by atoms with Crippen molar-refractivity contribution in [3.8, 4) is 0 Å². The number of aromatic nitrogens is 1. The van der Waals surface area contributed by atoms with Crippen molar-refractivity contribution in [2.75, 3.05) is 13.2 Å². The lowest BCUT2D eigenvalue weighted by Gasteiger charge is -2.09. The lowest BCUT2D eigenvalue weighted by Crippen LogP contribution is -2.17. The molecule has 0 spiro atoms. The van der Waals surface area contributed by atoms with Crippen LogP contribution < -0.4 is 0 Å². The SMILES string of the molecule is OCc1ccc2ccn(CCCOCC(F)(F)F)c2c1. The van der Waals surface area contributed by atoms with E-state index in [1.165, 1.54) is 0 Å². The highest BCUT2D eigenvalue weighted by Gasteiger charge is 2.27. The number of benzene rings is 1. The zero-order chi connectivity index (χ0) is 14.6. The summed E-state index contributed by atoms with van der Waals surface area (Å²) in [4.78, 5) is 0. The highest BCUT2D eigenvalue weighted by atomic mass is 19.4. The third-order valence-electron chi connectivity index (χ3n) is 2.97. The van der Waals surface area contributed by atoms with Crippen molar-refractivity contribution < 1.29 is 23.0 Å². The van der Waals surface area contributed by atoms with Crippen LogP contribution in [0, 0.1) is 0 Å². The van der Waals surface area contributed by atoms with Gasteiger partial charge in [0.1, 0.15) is 6.61 Å². The Hall–Kier alpha value is -1.53. The molecule has 110 valence electrons. The minimum Gasteiger partial charge on any atom is -0.392 e. The van der Waals surface area contributed by atoms with Crippen LogP contribution in [0.25, 0.3) is 10.9 Å². The summed E-state index contributed by atoms with van der Waals surface area (Å²) in [6, 6.07) is 7.58. The molecular formula is C14H16F3NO2. The van der Waals surface area contributed by atoms with Crippen LogP contribution in [0.3, 0.4) is 0 Å². The number of rotatable bonds is 6. The Morgan fingerprint density at radius 3 is 2.70 bits per heavy atom. The number of halogens is 3. The number of aliphatic hydroxyl groups is 1. The van der Waals surface area contributed by atoms with E-state index in [1.54, 1.807) is 0 Å². The standard InChI is InChI=1S/C14H16F3NO2/c15-14(16,17)10-20-7-1-5-18-6-4-12-3-2-11(9-19)8-13(12)18/h2-4,6,8,19H,1,5,7,9-10H2. The average molecular weight is 287 g/mol. The molecule has 0 atom stereocenters. The molecule has 1 aromatic carbocycles. The number of ether oxygens (including phenoxy) is 1. The summed E-state index contributed by atoms with van der Waals surface area (Å²) in [7, 11) is 0. The van der Waals surface area contributed by atoms with Gasteiger partial charge in [0.2, 0.25) is 0 Å². The number of alkyl halides is 3. The van der Waals surface area contributed by atoms with Gasteiger partial charge in [0.25, 0.3) is 0 Å². The molecular weight excluding hydrogens is 271 g/mol. The first kappa shape index (κ1) is 14.9. The summed E-state index contributed by atoms with van der Waals surface area (Å²) in [5.41, 5.74) is 1.78. The van der Waals surface area contributed by atoms with Gasteiger partial charge in [-0.3, -0.25) is 0 Å². The first-order chi connectivity index (χ1) is 9.49. The van der Waals surface area contributed by atoms with Gasteiger partial charge >= 0.3 is 6.18 Å². The van der Waals surface area contributed by atoms with E-state index in [0.29, 0.717) is 13.0 Å². The summed E-state index contributed by atoms with van der Waals surface area (Å²) in [6.07, 6.45) is -1.88. The first-order valence-corrected chi connectivity index (χ1v) is 6.33. The maximum atomic E-state index is 11.9. The summed E-state index contributed by atoms with van der Waals surface area (Å²) in [5.74, 6) is 0. The van der Waals surface area contributed by atoms with E-state index in [2.05, 4.69) is 4.74 Å². The molecule has 0 saturated heterocycles. The molecule has 0 saturated carbocycles. The zero-order valence-electron chi connectivity index (χ0n) is 10.9. The smallest absolute Gasteiger partial charge is 0.392 e. The highest BCUT2D eigenvalue weighted by molar-refractivity contribution is 5.80. The van der Waals surface area contributed by atoms with Crippen molar-refractivity contribution in [2.24, 2.45) is 0 Å². The van der Waals surface area contributed by atoms with Crippen LogP contribution in [-0.2, 0) is 17.9 Å². The topological polar surface area (TPSA) is 34.4 Å². The second kappa shape index (κ2) is 6.28. The molecule has 6 heteroatoms. The first-order valence-electron chi connectivity index (χ1n) is 6.33. The largest absolute Gasteiger partial charge is 0.411 e. The lowest BCUT2D eigenvalue weighted by atomic mass is 10.2.